The fourth-order valence-corrected chi connectivity index (χ4v) is 2.00. The van der Waals surface area contributed by atoms with Crippen LogP contribution in [-0.4, -0.2) is 6.54 Å². The molecule has 1 aromatic carbocycles. The number of nitrogens with one attached hydrogen (secondary N) is 1. The van der Waals surface area contributed by atoms with Gasteiger partial charge in [0.1, 0.15) is 5.82 Å². The molecule has 1 aliphatic rings. The first-order chi connectivity index (χ1) is 8.15. The molecule has 2 rings (SSSR count). The van der Waals surface area contributed by atoms with Gasteiger partial charge in [0.05, 0.1) is 6.07 Å². The molecule has 1 N–H and O–H groups in total. The average molecular weight is 232 g/mol. The zero-order valence-electron chi connectivity index (χ0n) is 10.0. The molecule has 1 fully saturated rings. The van der Waals surface area contributed by atoms with E-state index >= 15 is 0 Å². The highest BCUT2D eigenvalue weighted by atomic mass is 19.1. The second kappa shape index (κ2) is 4.85. The third-order valence-electron chi connectivity index (χ3n) is 3.56. The third kappa shape index (κ3) is 3.04. The molecule has 0 radical (unpaired) electrons. The normalized spacial score (nSPS) is 18.4. The summed E-state index contributed by atoms with van der Waals surface area (Å²) < 4.78 is 12.8. The van der Waals surface area contributed by atoms with Crippen molar-refractivity contribution in [3.8, 4) is 6.07 Å². The molecule has 90 valence electrons. The van der Waals surface area contributed by atoms with Crippen molar-refractivity contribution < 1.29 is 4.39 Å². The van der Waals surface area contributed by atoms with Gasteiger partial charge in [0, 0.05) is 19.0 Å². The van der Waals surface area contributed by atoms with E-state index in [1.54, 1.807) is 12.1 Å². The van der Waals surface area contributed by atoms with E-state index in [1.807, 2.05) is 0 Å². The summed E-state index contributed by atoms with van der Waals surface area (Å²) in [6, 6.07) is 9.02. The molecule has 0 unspecified atom stereocenters. The summed E-state index contributed by atoms with van der Waals surface area (Å²) in [5.41, 5.74) is 1.29. The lowest BCUT2D eigenvalue weighted by molar-refractivity contribution is 0.432. The number of halogens is 1. The fourth-order valence-electron chi connectivity index (χ4n) is 2.00. The largest absolute Gasteiger partial charge is 0.310 e. The van der Waals surface area contributed by atoms with Crippen molar-refractivity contribution in [2.24, 2.45) is 5.41 Å². The van der Waals surface area contributed by atoms with Crippen molar-refractivity contribution in [2.45, 2.75) is 32.2 Å². The van der Waals surface area contributed by atoms with Crippen LogP contribution in [-0.2, 0) is 0 Å². The Bertz CT molecular complexity index is 415. The van der Waals surface area contributed by atoms with Crippen LogP contribution in [0.25, 0.3) is 0 Å². The first-order valence-corrected chi connectivity index (χ1v) is 6.01. The van der Waals surface area contributed by atoms with E-state index in [0.29, 0.717) is 6.42 Å². The lowest BCUT2D eigenvalue weighted by Crippen LogP contribution is -2.26. The molecule has 3 heteroatoms. The Labute approximate surface area is 101 Å². The van der Waals surface area contributed by atoms with E-state index in [-0.39, 0.29) is 17.3 Å². The van der Waals surface area contributed by atoms with Gasteiger partial charge in [-0.3, -0.25) is 0 Å². The smallest absolute Gasteiger partial charge is 0.123 e. The molecule has 0 spiro atoms. The van der Waals surface area contributed by atoms with Crippen LogP contribution in [0.1, 0.15) is 37.8 Å². The van der Waals surface area contributed by atoms with Gasteiger partial charge < -0.3 is 5.32 Å². The van der Waals surface area contributed by atoms with Crippen LogP contribution in [0.5, 0.6) is 0 Å². The molecule has 1 aromatic rings. The number of nitriles is 1. The second-order valence-corrected chi connectivity index (χ2v) is 4.99. The van der Waals surface area contributed by atoms with Gasteiger partial charge in [-0.2, -0.15) is 5.26 Å². The molecule has 1 atom stereocenters. The zero-order valence-corrected chi connectivity index (χ0v) is 10.0. The van der Waals surface area contributed by atoms with Crippen molar-refractivity contribution in [2.75, 3.05) is 6.54 Å². The van der Waals surface area contributed by atoms with Gasteiger partial charge in [-0.25, -0.2) is 4.39 Å². The molecular weight excluding hydrogens is 215 g/mol. The Morgan fingerprint density at radius 3 is 2.59 bits per heavy atom. The zero-order chi connectivity index (χ0) is 12.3. The van der Waals surface area contributed by atoms with E-state index in [2.05, 4.69) is 18.3 Å². The standard InChI is InChI=1S/C14H17FN2/c1-11(12-2-4-13(15)5-3-12)17-10-14(6-7-14)8-9-16/h2-5,11,17H,6-8,10H2,1H3/t11-/m0/s1. The first-order valence-electron chi connectivity index (χ1n) is 6.01. The van der Waals surface area contributed by atoms with Gasteiger partial charge in [-0.15, -0.1) is 0 Å². The molecule has 2 nitrogen and oxygen atoms in total. The molecule has 0 bridgehead atoms. The molecule has 1 saturated carbocycles. The van der Waals surface area contributed by atoms with Crippen LogP contribution in [0.15, 0.2) is 24.3 Å². The number of hydrogen-bond donors (Lipinski definition) is 1. The Morgan fingerprint density at radius 2 is 2.06 bits per heavy atom. The van der Waals surface area contributed by atoms with E-state index in [0.717, 1.165) is 24.9 Å². The van der Waals surface area contributed by atoms with Gasteiger partial charge in [0.25, 0.3) is 0 Å². The van der Waals surface area contributed by atoms with Gasteiger partial charge in [-0.1, -0.05) is 12.1 Å². The van der Waals surface area contributed by atoms with Crippen LogP contribution < -0.4 is 5.32 Å². The monoisotopic (exact) mass is 232 g/mol. The maximum atomic E-state index is 12.8. The summed E-state index contributed by atoms with van der Waals surface area (Å²) in [6.07, 6.45) is 2.92. The third-order valence-corrected chi connectivity index (χ3v) is 3.56. The number of benzene rings is 1. The molecule has 0 amide bonds. The first kappa shape index (κ1) is 12.1. The summed E-state index contributed by atoms with van der Waals surface area (Å²) in [6.45, 7) is 2.94. The Balaban J connectivity index is 1.87. The Kier molecular flexibility index (Phi) is 3.44. The highest BCUT2D eigenvalue weighted by Crippen LogP contribution is 2.48. The predicted molar refractivity (Wildman–Crippen MR) is 64.7 cm³/mol. The minimum atomic E-state index is -0.205. The molecular formula is C14H17FN2. The van der Waals surface area contributed by atoms with Crippen molar-refractivity contribution in [3.63, 3.8) is 0 Å². The van der Waals surface area contributed by atoms with Crippen molar-refractivity contribution in [3.05, 3.63) is 35.6 Å². The summed E-state index contributed by atoms with van der Waals surface area (Å²) >= 11 is 0. The van der Waals surface area contributed by atoms with E-state index < -0.39 is 0 Å². The van der Waals surface area contributed by atoms with Gasteiger partial charge >= 0.3 is 0 Å². The lowest BCUT2D eigenvalue weighted by Gasteiger charge is -2.18. The minimum Gasteiger partial charge on any atom is -0.310 e. The molecule has 0 heterocycles. The maximum Gasteiger partial charge on any atom is 0.123 e. The van der Waals surface area contributed by atoms with Crippen molar-refractivity contribution >= 4 is 0 Å². The summed E-state index contributed by atoms with van der Waals surface area (Å²) in [5, 5.41) is 12.2. The lowest BCUT2D eigenvalue weighted by atomic mass is 10.0. The van der Waals surface area contributed by atoms with Gasteiger partial charge in [-0.05, 0) is 42.9 Å². The predicted octanol–water partition coefficient (Wildman–Crippen LogP) is 3.17. The average Bonchev–Trinajstić information content (AvgIpc) is 3.08. The van der Waals surface area contributed by atoms with Crippen LogP contribution in [0.2, 0.25) is 0 Å². The van der Waals surface area contributed by atoms with E-state index in [1.165, 1.54) is 12.1 Å². The topological polar surface area (TPSA) is 35.8 Å². The second-order valence-electron chi connectivity index (χ2n) is 4.99. The highest BCUT2D eigenvalue weighted by molar-refractivity contribution is 5.19. The molecule has 0 aromatic heterocycles. The number of rotatable bonds is 5. The van der Waals surface area contributed by atoms with Crippen molar-refractivity contribution in [1.82, 2.24) is 5.32 Å². The highest BCUT2D eigenvalue weighted by Gasteiger charge is 2.42. The Morgan fingerprint density at radius 1 is 1.41 bits per heavy atom. The minimum absolute atomic E-state index is 0.201. The quantitative estimate of drug-likeness (QED) is 0.846. The van der Waals surface area contributed by atoms with Gasteiger partial charge in [0.2, 0.25) is 0 Å². The van der Waals surface area contributed by atoms with Crippen LogP contribution in [0.3, 0.4) is 0 Å². The van der Waals surface area contributed by atoms with Crippen molar-refractivity contribution in [1.29, 1.82) is 5.26 Å². The van der Waals surface area contributed by atoms with E-state index in [9.17, 15) is 4.39 Å². The Hall–Kier alpha value is -1.40. The summed E-state index contributed by atoms with van der Waals surface area (Å²) in [5.74, 6) is -0.205. The molecule has 0 saturated heterocycles. The van der Waals surface area contributed by atoms with E-state index in [4.69, 9.17) is 5.26 Å². The van der Waals surface area contributed by atoms with Crippen LogP contribution >= 0.6 is 0 Å². The molecule has 0 aliphatic heterocycles. The van der Waals surface area contributed by atoms with Gasteiger partial charge in [0.15, 0.2) is 0 Å². The molecule has 1 aliphatic carbocycles. The summed E-state index contributed by atoms with van der Waals surface area (Å²) in [7, 11) is 0. The molecule has 17 heavy (non-hydrogen) atoms. The fraction of sp³-hybridized carbons (Fsp3) is 0.500. The van der Waals surface area contributed by atoms with Crippen LogP contribution in [0, 0.1) is 22.6 Å². The van der Waals surface area contributed by atoms with Crippen LogP contribution in [0.4, 0.5) is 4.39 Å². The number of nitrogens with zero attached hydrogens (tertiary/aromatic N) is 1. The SMILES string of the molecule is C[C@H](NCC1(CC#N)CC1)c1ccc(F)cc1. The summed E-state index contributed by atoms with van der Waals surface area (Å²) in [4.78, 5) is 0. The number of hydrogen-bond acceptors (Lipinski definition) is 2. The maximum absolute atomic E-state index is 12.8.